The van der Waals surface area contributed by atoms with E-state index in [9.17, 15) is 0 Å². The first-order valence-corrected chi connectivity index (χ1v) is 6.86. The number of nitrogens with one attached hydrogen (secondary N) is 1. The standard InChI is InChI=1S/C14H27N/c1-11(12-7-4-5-8-12)15-13-9-6-10-14(13,2)3/h11-13,15H,4-10H2,1-3H3/t11-,13?/m1/s1. The Morgan fingerprint density at radius 1 is 1.07 bits per heavy atom. The second kappa shape index (κ2) is 4.45. The van der Waals surface area contributed by atoms with Gasteiger partial charge in [-0.3, -0.25) is 0 Å². The van der Waals surface area contributed by atoms with Crippen LogP contribution in [0, 0.1) is 11.3 Å². The van der Waals surface area contributed by atoms with E-state index in [1.807, 2.05) is 0 Å². The summed E-state index contributed by atoms with van der Waals surface area (Å²) in [4.78, 5) is 0. The first-order valence-electron chi connectivity index (χ1n) is 6.86. The van der Waals surface area contributed by atoms with E-state index in [4.69, 9.17) is 0 Å². The Morgan fingerprint density at radius 3 is 2.27 bits per heavy atom. The van der Waals surface area contributed by atoms with Crippen molar-refractivity contribution >= 4 is 0 Å². The minimum absolute atomic E-state index is 0.535. The summed E-state index contributed by atoms with van der Waals surface area (Å²) in [5.41, 5.74) is 0.535. The predicted octanol–water partition coefficient (Wildman–Crippen LogP) is 3.73. The molecule has 2 aliphatic rings. The minimum Gasteiger partial charge on any atom is -0.311 e. The van der Waals surface area contributed by atoms with E-state index in [0.717, 1.165) is 18.0 Å². The zero-order valence-corrected chi connectivity index (χ0v) is 10.7. The minimum atomic E-state index is 0.535. The average Bonchev–Trinajstić information content (AvgIpc) is 2.76. The van der Waals surface area contributed by atoms with Crippen LogP contribution in [0.4, 0.5) is 0 Å². The fourth-order valence-electron chi connectivity index (χ4n) is 3.55. The van der Waals surface area contributed by atoms with Gasteiger partial charge in [0.1, 0.15) is 0 Å². The normalized spacial score (nSPS) is 33.4. The molecule has 0 aromatic heterocycles. The van der Waals surface area contributed by atoms with Crippen LogP contribution in [0.5, 0.6) is 0 Å². The molecule has 15 heavy (non-hydrogen) atoms. The Hall–Kier alpha value is -0.0400. The van der Waals surface area contributed by atoms with Crippen LogP contribution in [0.25, 0.3) is 0 Å². The fraction of sp³-hybridized carbons (Fsp3) is 1.00. The van der Waals surface area contributed by atoms with Crippen LogP contribution in [-0.2, 0) is 0 Å². The molecule has 2 saturated carbocycles. The number of hydrogen-bond acceptors (Lipinski definition) is 1. The third kappa shape index (κ3) is 2.55. The quantitative estimate of drug-likeness (QED) is 0.747. The summed E-state index contributed by atoms with van der Waals surface area (Å²) in [5.74, 6) is 0.960. The van der Waals surface area contributed by atoms with Crippen molar-refractivity contribution in [3.8, 4) is 0 Å². The van der Waals surface area contributed by atoms with E-state index in [2.05, 4.69) is 26.1 Å². The molecular formula is C14H27N. The zero-order chi connectivity index (χ0) is 10.9. The summed E-state index contributed by atoms with van der Waals surface area (Å²) in [6.07, 6.45) is 10.1. The van der Waals surface area contributed by atoms with Crippen molar-refractivity contribution in [1.82, 2.24) is 5.32 Å². The molecule has 0 aromatic carbocycles. The number of rotatable bonds is 3. The van der Waals surface area contributed by atoms with Gasteiger partial charge in [0.05, 0.1) is 0 Å². The summed E-state index contributed by atoms with van der Waals surface area (Å²) in [7, 11) is 0. The van der Waals surface area contributed by atoms with Crippen LogP contribution in [0.15, 0.2) is 0 Å². The van der Waals surface area contributed by atoms with Gasteiger partial charge in [0, 0.05) is 12.1 Å². The van der Waals surface area contributed by atoms with Gasteiger partial charge in [0.15, 0.2) is 0 Å². The van der Waals surface area contributed by atoms with Gasteiger partial charge in [0.25, 0.3) is 0 Å². The van der Waals surface area contributed by atoms with Crippen LogP contribution in [0.3, 0.4) is 0 Å². The summed E-state index contributed by atoms with van der Waals surface area (Å²) >= 11 is 0. The molecule has 2 atom stereocenters. The lowest BCUT2D eigenvalue weighted by Crippen LogP contribution is -2.45. The third-order valence-corrected chi connectivity index (χ3v) is 4.83. The Morgan fingerprint density at radius 2 is 1.73 bits per heavy atom. The zero-order valence-electron chi connectivity index (χ0n) is 10.7. The molecule has 88 valence electrons. The highest BCUT2D eigenvalue weighted by Crippen LogP contribution is 2.38. The van der Waals surface area contributed by atoms with Gasteiger partial charge < -0.3 is 5.32 Å². The summed E-state index contributed by atoms with van der Waals surface area (Å²) in [5, 5.41) is 3.91. The molecule has 2 rings (SSSR count). The van der Waals surface area contributed by atoms with Crippen LogP contribution >= 0.6 is 0 Å². The fourth-order valence-corrected chi connectivity index (χ4v) is 3.55. The molecule has 0 saturated heterocycles. The van der Waals surface area contributed by atoms with Crippen LogP contribution in [0.1, 0.15) is 65.7 Å². The molecule has 1 heteroatoms. The van der Waals surface area contributed by atoms with Crippen molar-refractivity contribution < 1.29 is 0 Å². The third-order valence-electron chi connectivity index (χ3n) is 4.83. The summed E-state index contributed by atoms with van der Waals surface area (Å²) < 4.78 is 0. The molecule has 0 aliphatic heterocycles. The molecule has 0 amide bonds. The van der Waals surface area contributed by atoms with Crippen molar-refractivity contribution in [2.24, 2.45) is 11.3 Å². The number of hydrogen-bond donors (Lipinski definition) is 1. The lowest BCUT2D eigenvalue weighted by molar-refractivity contribution is 0.238. The molecule has 0 aromatic rings. The first kappa shape index (κ1) is 11.4. The monoisotopic (exact) mass is 209 g/mol. The van der Waals surface area contributed by atoms with Crippen LogP contribution in [-0.4, -0.2) is 12.1 Å². The van der Waals surface area contributed by atoms with Crippen molar-refractivity contribution in [3.05, 3.63) is 0 Å². The average molecular weight is 209 g/mol. The van der Waals surface area contributed by atoms with E-state index >= 15 is 0 Å². The molecule has 1 N–H and O–H groups in total. The Bertz CT molecular complexity index is 203. The molecule has 0 radical (unpaired) electrons. The molecule has 2 fully saturated rings. The first-order chi connectivity index (χ1) is 7.09. The van der Waals surface area contributed by atoms with Gasteiger partial charge in [-0.2, -0.15) is 0 Å². The van der Waals surface area contributed by atoms with E-state index in [1.54, 1.807) is 0 Å². The van der Waals surface area contributed by atoms with Crippen molar-refractivity contribution in [2.45, 2.75) is 77.8 Å². The van der Waals surface area contributed by atoms with Gasteiger partial charge in [-0.1, -0.05) is 33.1 Å². The van der Waals surface area contributed by atoms with E-state index in [1.165, 1.54) is 44.9 Å². The molecular weight excluding hydrogens is 182 g/mol. The van der Waals surface area contributed by atoms with Crippen molar-refractivity contribution in [1.29, 1.82) is 0 Å². The van der Waals surface area contributed by atoms with Gasteiger partial charge in [0.2, 0.25) is 0 Å². The smallest absolute Gasteiger partial charge is 0.0121 e. The highest BCUT2D eigenvalue weighted by molar-refractivity contribution is 4.92. The van der Waals surface area contributed by atoms with Gasteiger partial charge >= 0.3 is 0 Å². The van der Waals surface area contributed by atoms with Crippen molar-refractivity contribution in [3.63, 3.8) is 0 Å². The van der Waals surface area contributed by atoms with Gasteiger partial charge in [-0.15, -0.1) is 0 Å². The summed E-state index contributed by atoms with van der Waals surface area (Å²) in [6, 6.07) is 1.52. The lowest BCUT2D eigenvalue weighted by Gasteiger charge is -2.33. The topological polar surface area (TPSA) is 12.0 Å². The highest BCUT2D eigenvalue weighted by Gasteiger charge is 2.36. The molecule has 0 heterocycles. The molecule has 0 bridgehead atoms. The van der Waals surface area contributed by atoms with E-state index < -0.39 is 0 Å². The Labute approximate surface area is 95.0 Å². The maximum Gasteiger partial charge on any atom is 0.0121 e. The summed E-state index contributed by atoms with van der Waals surface area (Å²) in [6.45, 7) is 7.27. The maximum absolute atomic E-state index is 3.91. The predicted molar refractivity (Wildman–Crippen MR) is 66.0 cm³/mol. The van der Waals surface area contributed by atoms with E-state index in [-0.39, 0.29) is 0 Å². The SMILES string of the molecule is C[C@@H](NC1CCCC1(C)C)C1CCCC1. The molecule has 0 spiro atoms. The van der Waals surface area contributed by atoms with E-state index in [0.29, 0.717) is 5.41 Å². The molecule has 2 aliphatic carbocycles. The van der Waals surface area contributed by atoms with Gasteiger partial charge in [-0.05, 0) is 43.9 Å². The Balaban J connectivity index is 1.85. The Kier molecular flexibility index (Phi) is 3.39. The molecule has 1 nitrogen and oxygen atoms in total. The van der Waals surface area contributed by atoms with Gasteiger partial charge in [-0.25, -0.2) is 0 Å². The highest BCUT2D eigenvalue weighted by atomic mass is 15.0. The van der Waals surface area contributed by atoms with Crippen LogP contribution in [0.2, 0.25) is 0 Å². The van der Waals surface area contributed by atoms with Crippen molar-refractivity contribution in [2.75, 3.05) is 0 Å². The second-order valence-corrected chi connectivity index (χ2v) is 6.43. The molecule has 1 unspecified atom stereocenters. The lowest BCUT2D eigenvalue weighted by atomic mass is 9.86. The van der Waals surface area contributed by atoms with Crippen LogP contribution < -0.4 is 5.32 Å². The maximum atomic E-state index is 3.91. The largest absolute Gasteiger partial charge is 0.311 e. The second-order valence-electron chi connectivity index (χ2n) is 6.43.